The van der Waals surface area contributed by atoms with Crippen LogP contribution in [-0.2, 0) is 9.47 Å². The lowest BCUT2D eigenvalue weighted by Gasteiger charge is -2.31. The number of rotatable bonds is 3. The van der Waals surface area contributed by atoms with Crippen molar-refractivity contribution in [3.05, 3.63) is 42.2 Å². The predicted molar refractivity (Wildman–Crippen MR) is 80.2 cm³/mol. The average Bonchev–Trinajstić information content (AvgIpc) is 2.53. The third kappa shape index (κ3) is 2.48. The smallest absolute Gasteiger partial charge is 0.337 e. The largest absolute Gasteiger partial charge is 0.465 e. The molecule has 5 nitrogen and oxygen atoms in total. The maximum atomic E-state index is 11.7. The van der Waals surface area contributed by atoms with Gasteiger partial charge in [-0.3, -0.25) is 4.98 Å². The van der Waals surface area contributed by atoms with Gasteiger partial charge in [0.15, 0.2) is 0 Å². The third-order valence-corrected chi connectivity index (χ3v) is 4.30. The van der Waals surface area contributed by atoms with Gasteiger partial charge in [0.2, 0.25) is 0 Å². The van der Waals surface area contributed by atoms with Gasteiger partial charge in [-0.1, -0.05) is 11.8 Å². The lowest BCUT2D eigenvalue weighted by atomic mass is 10.1. The zero-order chi connectivity index (χ0) is 14.8. The highest BCUT2D eigenvalue weighted by atomic mass is 32.2. The molecule has 0 saturated carbocycles. The number of pyridine rings is 1. The number of hydrogen-bond acceptors (Lipinski definition) is 6. The normalized spacial score (nSPS) is 12.6. The fraction of sp³-hybridized carbons (Fsp3) is 0.200. The summed E-state index contributed by atoms with van der Waals surface area (Å²) in [7, 11) is 3.02. The van der Waals surface area contributed by atoms with E-state index in [0.717, 1.165) is 21.2 Å². The van der Waals surface area contributed by atoms with Crippen molar-refractivity contribution in [3.63, 3.8) is 0 Å². The highest BCUT2D eigenvalue weighted by Crippen LogP contribution is 2.47. The molecule has 0 amide bonds. The molecular weight excluding hydrogens is 288 g/mol. The van der Waals surface area contributed by atoms with Crippen molar-refractivity contribution < 1.29 is 14.3 Å². The van der Waals surface area contributed by atoms with Crippen molar-refractivity contribution in [2.45, 2.75) is 9.79 Å². The second kappa shape index (κ2) is 5.75. The molecule has 0 spiro atoms. The first-order valence-electron chi connectivity index (χ1n) is 6.35. The van der Waals surface area contributed by atoms with Crippen LogP contribution < -0.4 is 4.90 Å². The molecule has 21 heavy (non-hydrogen) atoms. The number of fused-ring (bicyclic) bond motifs is 2. The van der Waals surface area contributed by atoms with Gasteiger partial charge in [-0.15, -0.1) is 0 Å². The molecule has 0 bridgehead atoms. The van der Waals surface area contributed by atoms with Gasteiger partial charge in [0.1, 0.15) is 6.73 Å². The first-order valence-corrected chi connectivity index (χ1v) is 7.17. The van der Waals surface area contributed by atoms with Gasteiger partial charge in [0, 0.05) is 24.4 Å². The fourth-order valence-electron chi connectivity index (χ4n) is 2.25. The van der Waals surface area contributed by atoms with Gasteiger partial charge in [-0.05, 0) is 24.3 Å². The molecule has 1 aliphatic rings. The average molecular weight is 302 g/mol. The van der Waals surface area contributed by atoms with Crippen LogP contribution in [0, 0.1) is 0 Å². The first-order chi connectivity index (χ1) is 10.2. The molecule has 108 valence electrons. The van der Waals surface area contributed by atoms with Gasteiger partial charge in [-0.25, -0.2) is 4.79 Å². The summed E-state index contributed by atoms with van der Waals surface area (Å²) < 4.78 is 10.1. The van der Waals surface area contributed by atoms with Crippen molar-refractivity contribution in [1.82, 2.24) is 4.98 Å². The standard InChI is InChI=1S/C15H14N2O3S/c1-19-9-17-11-5-6-16-8-14(11)21-13-4-3-10(7-12(13)17)15(18)20-2/h3-8H,9H2,1-2H3. The van der Waals surface area contributed by atoms with Crippen LogP contribution in [-0.4, -0.2) is 31.9 Å². The number of methoxy groups -OCH3 is 2. The predicted octanol–water partition coefficient (Wildman–Crippen LogP) is 3.07. The zero-order valence-corrected chi connectivity index (χ0v) is 12.5. The molecule has 0 saturated heterocycles. The highest BCUT2D eigenvalue weighted by Gasteiger charge is 2.24. The Balaban J connectivity index is 2.10. The Morgan fingerprint density at radius 1 is 1.24 bits per heavy atom. The number of benzene rings is 1. The minimum absolute atomic E-state index is 0.347. The van der Waals surface area contributed by atoms with Gasteiger partial charge >= 0.3 is 5.97 Å². The van der Waals surface area contributed by atoms with Crippen LogP contribution in [0.2, 0.25) is 0 Å². The van der Waals surface area contributed by atoms with Crippen LogP contribution in [0.1, 0.15) is 10.4 Å². The van der Waals surface area contributed by atoms with Crippen LogP contribution in [0.4, 0.5) is 11.4 Å². The Morgan fingerprint density at radius 2 is 2.10 bits per heavy atom. The summed E-state index contributed by atoms with van der Waals surface area (Å²) in [5.74, 6) is -0.347. The topological polar surface area (TPSA) is 51.7 Å². The van der Waals surface area contributed by atoms with Crippen LogP contribution in [0.3, 0.4) is 0 Å². The monoisotopic (exact) mass is 302 g/mol. The number of ether oxygens (including phenoxy) is 2. The summed E-state index contributed by atoms with van der Waals surface area (Å²) in [4.78, 5) is 20.0. The third-order valence-electron chi connectivity index (χ3n) is 3.20. The summed E-state index contributed by atoms with van der Waals surface area (Å²) in [5.41, 5.74) is 2.48. The maximum absolute atomic E-state index is 11.7. The van der Waals surface area contributed by atoms with Crippen molar-refractivity contribution in [1.29, 1.82) is 0 Å². The lowest BCUT2D eigenvalue weighted by Crippen LogP contribution is -2.23. The molecule has 0 aliphatic carbocycles. The number of esters is 1. The van der Waals surface area contributed by atoms with Gasteiger partial charge in [0.05, 0.1) is 28.9 Å². The Hall–Kier alpha value is -2.05. The van der Waals surface area contributed by atoms with Crippen molar-refractivity contribution in [2.75, 3.05) is 25.9 Å². The van der Waals surface area contributed by atoms with E-state index < -0.39 is 0 Å². The molecule has 1 aromatic carbocycles. The van der Waals surface area contributed by atoms with Crippen molar-refractivity contribution in [3.8, 4) is 0 Å². The van der Waals surface area contributed by atoms with Gasteiger partial charge in [-0.2, -0.15) is 0 Å². The second-order valence-corrected chi connectivity index (χ2v) is 5.55. The summed E-state index contributed by atoms with van der Waals surface area (Å²) in [6.07, 6.45) is 3.58. The van der Waals surface area contributed by atoms with Gasteiger partial charge in [0.25, 0.3) is 0 Å². The number of carbonyl (C=O) groups excluding carboxylic acids is 1. The molecule has 6 heteroatoms. The number of carbonyl (C=O) groups is 1. The van der Waals surface area contributed by atoms with Gasteiger partial charge < -0.3 is 14.4 Å². The Kier molecular flexibility index (Phi) is 3.81. The fourth-order valence-corrected chi connectivity index (χ4v) is 3.29. The molecule has 0 radical (unpaired) electrons. The highest BCUT2D eigenvalue weighted by molar-refractivity contribution is 7.99. The van der Waals surface area contributed by atoms with Crippen molar-refractivity contribution in [2.24, 2.45) is 0 Å². The summed E-state index contributed by atoms with van der Waals surface area (Å²) in [6.45, 7) is 0.398. The maximum Gasteiger partial charge on any atom is 0.337 e. The Morgan fingerprint density at radius 3 is 2.86 bits per heavy atom. The second-order valence-electron chi connectivity index (χ2n) is 4.47. The molecule has 2 aromatic rings. The molecule has 1 aliphatic heterocycles. The minimum Gasteiger partial charge on any atom is -0.465 e. The van der Waals surface area contributed by atoms with Crippen molar-refractivity contribution >= 4 is 29.1 Å². The summed E-state index contributed by atoms with van der Waals surface area (Å²) in [5, 5.41) is 0. The van der Waals surface area contributed by atoms with Crippen LogP contribution in [0.5, 0.6) is 0 Å². The number of aromatic nitrogens is 1. The molecule has 0 unspecified atom stereocenters. The summed E-state index contributed by atoms with van der Waals surface area (Å²) in [6, 6.07) is 7.46. The molecule has 0 N–H and O–H groups in total. The number of anilines is 2. The lowest BCUT2D eigenvalue weighted by molar-refractivity contribution is 0.0600. The first kappa shape index (κ1) is 13.9. The van der Waals surface area contributed by atoms with E-state index in [2.05, 4.69) is 4.98 Å². The van der Waals surface area contributed by atoms with Crippen LogP contribution in [0.25, 0.3) is 0 Å². The number of hydrogen-bond donors (Lipinski definition) is 0. The molecule has 0 fully saturated rings. The van der Waals surface area contributed by atoms with E-state index in [0.29, 0.717) is 12.3 Å². The molecule has 2 heterocycles. The minimum atomic E-state index is -0.347. The van der Waals surface area contributed by atoms with E-state index in [1.165, 1.54) is 7.11 Å². The number of nitrogens with zero attached hydrogens (tertiary/aromatic N) is 2. The molecule has 0 atom stereocenters. The quantitative estimate of drug-likeness (QED) is 0.812. The summed E-state index contributed by atoms with van der Waals surface area (Å²) >= 11 is 1.63. The van der Waals surface area contributed by atoms with E-state index in [4.69, 9.17) is 9.47 Å². The molecular formula is C15H14N2O3S. The van der Waals surface area contributed by atoms with E-state index in [-0.39, 0.29) is 5.97 Å². The Labute approximate surface area is 126 Å². The Bertz CT molecular complexity index is 690. The molecule has 3 rings (SSSR count). The van der Waals surface area contributed by atoms with E-state index in [1.807, 2.05) is 29.3 Å². The van der Waals surface area contributed by atoms with Crippen LogP contribution >= 0.6 is 11.8 Å². The van der Waals surface area contributed by atoms with Crippen LogP contribution in [0.15, 0.2) is 46.5 Å². The SMILES string of the molecule is COCN1c2ccncc2Sc2ccc(C(=O)OC)cc21. The van der Waals surface area contributed by atoms with E-state index in [1.54, 1.807) is 31.1 Å². The van der Waals surface area contributed by atoms with E-state index >= 15 is 0 Å². The zero-order valence-electron chi connectivity index (χ0n) is 11.7. The molecule has 1 aromatic heterocycles. The van der Waals surface area contributed by atoms with E-state index in [9.17, 15) is 4.79 Å².